The van der Waals surface area contributed by atoms with Crippen molar-refractivity contribution in [3.63, 3.8) is 0 Å². The van der Waals surface area contributed by atoms with Gasteiger partial charge in [0.05, 0.1) is 12.1 Å². The van der Waals surface area contributed by atoms with Crippen molar-refractivity contribution >= 4 is 27.9 Å². The minimum atomic E-state index is -0.243. The van der Waals surface area contributed by atoms with Crippen LogP contribution in [0.25, 0.3) is 10.9 Å². The van der Waals surface area contributed by atoms with E-state index in [-0.39, 0.29) is 5.82 Å². The Labute approximate surface area is 120 Å². The summed E-state index contributed by atoms with van der Waals surface area (Å²) in [5.41, 5.74) is 2.71. The van der Waals surface area contributed by atoms with Crippen molar-refractivity contribution in [1.29, 1.82) is 0 Å². The van der Waals surface area contributed by atoms with Gasteiger partial charge in [0.25, 0.3) is 0 Å². The summed E-state index contributed by atoms with van der Waals surface area (Å²) in [4.78, 5) is 10.8. The molecule has 0 aliphatic heterocycles. The van der Waals surface area contributed by atoms with Gasteiger partial charge >= 0.3 is 0 Å². The molecule has 3 rings (SSSR count). The summed E-state index contributed by atoms with van der Waals surface area (Å²) in [5, 5.41) is 3.82. The molecule has 0 bridgehead atoms. The van der Waals surface area contributed by atoms with Gasteiger partial charge in [-0.2, -0.15) is 0 Å². The standard InChI is InChI=1S/C15H14FN3S/c1-10-7-14(19(2)9-15-17-5-6-20-15)12-8-11(16)3-4-13(12)18-10/h3-8H,9H2,1-2H3. The molecule has 2 aromatic heterocycles. The molecule has 0 atom stereocenters. The lowest BCUT2D eigenvalue weighted by atomic mass is 10.1. The number of nitrogens with zero attached hydrogens (tertiary/aromatic N) is 3. The minimum Gasteiger partial charge on any atom is -0.367 e. The van der Waals surface area contributed by atoms with E-state index in [1.807, 2.05) is 25.4 Å². The van der Waals surface area contributed by atoms with Gasteiger partial charge in [0, 0.05) is 35.4 Å². The zero-order valence-electron chi connectivity index (χ0n) is 11.3. The number of aryl methyl sites for hydroxylation is 1. The fraction of sp³-hybridized carbons (Fsp3) is 0.200. The van der Waals surface area contributed by atoms with Gasteiger partial charge in [0.2, 0.25) is 0 Å². The highest BCUT2D eigenvalue weighted by Gasteiger charge is 2.11. The van der Waals surface area contributed by atoms with E-state index < -0.39 is 0 Å². The average molecular weight is 287 g/mol. The molecule has 102 valence electrons. The Morgan fingerprint density at radius 2 is 2.15 bits per heavy atom. The zero-order valence-corrected chi connectivity index (χ0v) is 12.1. The number of fused-ring (bicyclic) bond motifs is 1. The van der Waals surface area contributed by atoms with Gasteiger partial charge in [0.1, 0.15) is 10.8 Å². The summed E-state index contributed by atoms with van der Waals surface area (Å²) in [6, 6.07) is 6.68. The lowest BCUT2D eigenvalue weighted by Crippen LogP contribution is -2.17. The van der Waals surface area contributed by atoms with Crippen LogP contribution in [0.4, 0.5) is 10.1 Å². The van der Waals surface area contributed by atoms with Gasteiger partial charge in [0.15, 0.2) is 0 Å². The SMILES string of the molecule is Cc1cc(N(C)Cc2nccs2)c2cc(F)ccc2n1. The molecule has 0 unspecified atom stereocenters. The predicted octanol–water partition coefficient (Wildman–Crippen LogP) is 3.78. The third-order valence-electron chi connectivity index (χ3n) is 3.14. The van der Waals surface area contributed by atoms with Crippen LogP contribution in [-0.2, 0) is 6.54 Å². The lowest BCUT2D eigenvalue weighted by Gasteiger charge is -2.20. The highest BCUT2D eigenvalue weighted by atomic mass is 32.1. The molecule has 2 heterocycles. The third kappa shape index (κ3) is 2.49. The van der Waals surface area contributed by atoms with E-state index in [0.717, 1.165) is 27.3 Å². The van der Waals surface area contributed by atoms with Crippen LogP contribution >= 0.6 is 11.3 Å². The molecular weight excluding hydrogens is 273 g/mol. The predicted molar refractivity (Wildman–Crippen MR) is 80.7 cm³/mol. The second kappa shape index (κ2) is 5.17. The van der Waals surface area contributed by atoms with Gasteiger partial charge in [-0.1, -0.05) is 0 Å². The first-order valence-electron chi connectivity index (χ1n) is 6.30. The largest absolute Gasteiger partial charge is 0.367 e. The van der Waals surface area contributed by atoms with Crippen LogP contribution in [0.5, 0.6) is 0 Å². The maximum absolute atomic E-state index is 13.5. The Kier molecular flexibility index (Phi) is 3.36. The molecule has 0 saturated heterocycles. The van der Waals surface area contributed by atoms with E-state index in [4.69, 9.17) is 0 Å². The number of halogens is 1. The molecule has 0 radical (unpaired) electrons. The van der Waals surface area contributed by atoms with Crippen molar-refractivity contribution in [1.82, 2.24) is 9.97 Å². The molecule has 0 fully saturated rings. The fourth-order valence-electron chi connectivity index (χ4n) is 2.24. The van der Waals surface area contributed by atoms with Gasteiger partial charge in [-0.25, -0.2) is 9.37 Å². The quantitative estimate of drug-likeness (QED) is 0.734. The third-order valence-corrected chi connectivity index (χ3v) is 3.91. The van der Waals surface area contributed by atoms with E-state index in [1.165, 1.54) is 12.1 Å². The molecule has 1 aromatic carbocycles. The summed E-state index contributed by atoms with van der Waals surface area (Å²) in [7, 11) is 1.99. The Morgan fingerprint density at radius 3 is 2.90 bits per heavy atom. The monoisotopic (exact) mass is 287 g/mol. The molecular formula is C15H14FN3S. The maximum Gasteiger partial charge on any atom is 0.124 e. The number of anilines is 1. The number of hydrogen-bond donors (Lipinski definition) is 0. The maximum atomic E-state index is 13.5. The van der Waals surface area contributed by atoms with Gasteiger partial charge in [-0.3, -0.25) is 4.98 Å². The van der Waals surface area contributed by atoms with Gasteiger partial charge < -0.3 is 4.90 Å². The van der Waals surface area contributed by atoms with Crippen molar-refractivity contribution in [2.45, 2.75) is 13.5 Å². The van der Waals surface area contributed by atoms with E-state index >= 15 is 0 Å². The highest BCUT2D eigenvalue weighted by Crippen LogP contribution is 2.28. The smallest absolute Gasteiger partial charge is 0.124 e. The first-order chi connectivity index (χ1) is 9.63. The number of aromatic nitrogens is 2. The second-order valence-electron chi connectivity index (χ2n) is 4.73. The first kappa shape index (κ1) is 13.0. The summed E-state index contributed by atoms with van der Waals surface area (Å²) in [6.45, 7) is 2.65. The molecule has 3 aromatic rings. The van der Waals surface area contributed by atoms with Crippen LogP contribution in [0.2, 0.25) is 0 Å². The molecule has 0 N–H and O–H groups in total. The molecule has 20 heavy (non-hydrogen) atoms. The normalized spacial score (nSPS) is 10.9. The molecule has 0 saturated carbocycles. The summed E-state index contributed by atoms with van der Waals surface area (Å²) >= 11 is 1.62. The topological polar surface area (TPSA) is 29.0 Å². The minimum absolute atomic E-state index is 0.243. The van der Waals surface area contributed by atoms with Gasteiger partial charge in [-0.05, 0) is 31.2 Å². The Balaban J connectivity index is 2.07. The molecule has 5 heteroatoms. The van der Waals surface area contributed by atoms with Crippen molar-refractivity contribution in [3.05, 3.63) is 52.4 Å². The van der Waals surface area contributed by atoms with E-state index in [2.05, 4.69) is 14.9 Å². The summed E-state index contributed by atoms with van der Waals surface area (Å²) < 4.78 is 13.5. The molecule has 0 spiro atoms. The number of pyridine rings is 1. The first-order valence-corrected chi connectivity index (χ1v) is 7.18. The Morgan fingerprint density at radius 1 is 1.30 bits per heavy atom. The lowest BCUT2D eigenvalue weighted by molar-refractivity contribution is 0.629. The van der Waals surface area contributed by atoms with Crippen LogP contribution in [0.3, 0.4) is 0 Å². The van der Waals surface area contributed by atoms with E-state index in [0.29, 0.717) is 6.54 Å². The number of benzene rings is 1. The van der Waals surface area contributed by atoms with Crippen LogP contribution in [0, 0.1) is 12.7 Å². The van der Waals surface area contributed by atoms with Crippen LogP contribution in [0.15, 0.2) is 35.8 Å². The summed E-state index contributed by atoms with van der Waals surface area (Å²) in [6.07, 6.45) is 1.80. The van der Waals surface area contributed by atoms with Crippen molar-refractivity contribution in [2.24, 2.45) is 0 Å². The van der Waals surface area contributed by atoms with Crippen molar-refractivity contribution in [3.8, 4) is 0 Å². The van der Waals surface area contributed by atoms with E-state index in [1.54, 1.807) is 23.6 Å². The summed E-state index contributed by atoms with van der Waals surface area (Å²) in [5.74, 6) is -0.243. The van der Waals surface area contributed by atoms with Crippen LogP contribution in [0.1, 0.15) is 10.7 Å². The van der Waals surface area contributed by atoms with Crippen LogP contribution in [-0.4, -0.2) is 17.0 Å². The molecule has 0 aliphatic carbocycles. The van der Waals surface area contributed by atoms with Crippen LogP contribution < -0.4 is 4.90 Å². The van der Waals surface area contributed by atoms with Gasteiger partial charge in [-0.15, -0.1) is 11.3 Å². The fourth-order valence-corrected chi connectivity index (χ4v) is 2.91. The number of rotatable bonds is 3. The Bertz CT molecular complexity index is 740. The zero-order chi connectivity index (χ0) is 14.1. The van der Waals surface area contributed by atoms with Crippen molar-refractivity contribution < 1.29 is 4.39 Å². The molecule has 0 amide bonds. The average Bonchev–Trinajstić information content (AvgIpc) is 2.91. The number of hydrogen-bond acceptors (Lipinski definition) is 4. The van der Waals surface area contributed by atoms with Crippen molar-refractivity contribution in [2.75, 3.05) is 11.9 Å². The highest BCUT2D eigenvalue weighted by molar-refractivity contribution is 7.09. The second-order valence-corrected chi connectivity index (χ2v) is 5.71. The molecule has 3 nitrogen and oxygen atoms in total. The number of thiazole rings is 1. The Hall–Kier alpha value is -2.01. The molecule has 0 aliphatic rings. The van der Waals surface area contributed by atoms with E-state index in [9.17, 15) is 4.39 Å².